The zero-order valence-electron chi connectivity index (χ0n) is 11.6. The minimum Gasteiger partial charge on any atom is -0.497 e. The molecule has 2 rings (SSSR count). The quantitative estimate of drug-likeness (QED) is 0.658. The largest absolute Gasteiger partial charge is 0.497 e. The highest BCUT2D eigenvalue weighted by molar-refractivity contribution is 8.00. The summed E-state index contributed by atoms with van der Waals surface area (Å²) in [6.07, 6.45) is 0. The van der Waals surface area contributed by atoms with E-state index in [1.54, 1.807) is 7.11 Å². The Labute approximate surface area is 118 Å². The number of methoxy groups -OCH3 is 1. The molecule has 2 atom stereocenters. The highest BCUT2D eigenvalue weighted by Gasteiger charge is 2.27. The molecule has 2 unspecified atom stereocenters. The second-order valence-corrected chi connectivity index (χ2v) is 6.29. The second kappa shape index (κ2) is 5.74. The number of nitrogens with zero attached hydrogens (tertiary/aromatic N) is 1. The summed E-state index contributed by atoms with van der Waals surface area (Å²) in [7, 11) is 1.66. The van der Waals surface area contributed by atoms with Crippen LogP contribution >= 0.6 is 11.8 Å². The van der Waals surface area contributed by atoms with E-state index in [2.05, 4.69) is 18.7 Å². The van der Waals surface area contributed by atoms with Crippen molar-refractivity contribution in [2.75, 3.05) is 24.3 Å². The molecule has 0 saturated carbocycles. The monoisotopic (exact) mass is 279 g/mol. The molecule has 1 aromatic rings. The van der Waals surface area contributed by atoms with E-state index in [-0.39, 0.29) is 5.84 Å². The van der Waals surface area contributed by atoms with Crippen LogP contribution in [-0.2, 0) is 0 Å². The topological polar surface area (TPSA) is 62.3 Å². The van der Waals surface area contributed by atoms with Gasteiger partial charge >= 0.3 is 0 Å². The molecule has 1 saturated heterocycles. The van der Waals surface area contributed by atoms with Gasteiger partial charge in [0.2, 0.25) is 0 Å². The number of ether oxygens (including phenoxy) is 1. The molecule has 1 aliphatic rings. The Bertz CT molecular complexity index is 478. The van der Waals surface area contributed by atoms with Crippen LogP contribution in [0.2, 0.25) is 0 Å². The fourth-order valence-corrected chi connectivity index (χ4v) is 3.48. The molecule has 3 N–H and O–H groups in total. The van der Waals surface area contributed by atoms with Gasteiger partial charge in [0, 0.05) is 35.2 Å². The van der Waals surface area contributed by atoms with Gasteiger partial charge in [-0.05, 0) is 19.1 Å². The van der Waals surface area contributed by atoms with Crippen molar-refractivity contribution in [3.05, 3.63) is 23.8 Å². The molecular formula is C14H21N3OS. The molecule has 1 aliphatic heterocycles. The molecule has 1 heterocycles. The van der Waals surface area contributed by atoms with Crippen molar-refractivity contribution in [2.45, 2.75) is 25.1 Å². The average molecular weight is 279 g/mol. The van der Waals surface area contributed by atoms with E-state index < -0.39 is 0 Å². The summed E-state index contributed by atoms with van der Waals surface area (Å²) in [5, 5.41) is 8.31. The molecule has 0 amide bonds. The lowest BCUT2D eigenvalue weighted by atomic mass is 10.1. The molecule has 4 nitrogen and oxygen atoms in total. The predicted octanol–water partition coefficient (Wildman–Crippen LogP) is 2.31. The molecule has 0 aliphatic carbocycles. The van der Waals surface area contributed by atoms with E-state index in [4.69, 9.17) is 15.9 Å². The van der Waals surface area contributed by atoms with Crippen molar-refractivity contribution in [3.63, 3.8) is 0 Å². The van der Waals surface area contributed by atoms with Gasteiger partial charge < -0.3 is 15.4 Å². The third-order valence-corrected chi connectivity index (χ3v) is 5.03. The minimum absolute atomic E-state index is 0.107. The highest BCUT2D eigenvalue weighted by atomic mass is 32.2. The van der Waals surface area contributed by atoms with E-state index in [1.807, 2.05) is 30.0 Å². The summed E-state index contributed by atoms with van der Waals surface area (Å²) in [5.41, 5.74) is 7.49. The van der Waals surface area contributed by atoms with Crippen LogP contribution in [0.5, 0.6) is 5.75 Å². The van der Waals surface area contributed by atoms with Crippen LogP contribution in [0.15, 0.2) is 18.2 Å². The molecule has 104 valence electrons. The number of nitrogens with one attached hydrogen (secondary N) is 1. The van der Waals surface area contributed by atoms with Crippen LogP contribution < -0.4 is 15.4 Å². The summed E-state index contributed by atoms with van der Waals surface area (Å²) in [5.74, 6) is 2.01. The van der Waals surface area contributed by atoms with Gasteiger partial charge in [0.1, 0.15) is 11.6 Å². The van der Waals surface area contributed by atoms with Crippen molar-refractivity contribution < 1.29 is 4.74 Å². The SMILES string of the molecule is COc1ccc(C(=N)N)c(N2CCSC(C)C2C)c1. The molecule has 1 fully saturated rings. The summed E-state index contributed by atoms with van der Waals surface area (Å²) in [6.45, 7) is 5.44. The molecular weight excluding hydrogens is 258 g/mol. The number of anilines is 1. The first-order valence-electron chi connectivity index (χ1n) is 6.45. The second-order valence-electron chi connectivity index (χ2n) is 4.81. The normalized spacial score (nSPS) is 23.2. The number of nitrogens with two attached hydrogens (primary N) is 1. The van der Waals surface area contributed by atoms with Crippen molar-refractivity contribution in [1.29, 1.82) is 5.41 Å². The van der Waals surface area contributed by atoms with Crippen molar-refractivity contribution >= 4 is 23.3 Å². The van der Waals surface area contributed by atoms with Crippen LogP contribution in [0.3, 0.4) is 0 Å². The van der Waals surface area contributed by atoms with Crippen molar-refractivity contribution in [2.24, 2.45) is 5.73 Å². The smallest absolute Gasteiger partial charge is 0.124 e. The van der Waals surface area contributed by atoms with Crippen molar-refractivity contribution in [3.8, 4) is 5.75 Å². The number of thioether (sulfide) groups is 1. The van der Waals surface area contributed by atoms with Gasteiger partial charge in [-0.25, -0.2) is 0 Å². The zero-order chi connectivity index (χ0) is 14.0. The molecule has 5 heteroatoms. The lowest BCUT2D eigenvalue weighted by molar-refractivity contribution is 0.414. The zero-order valence-corrected chi connectivity index (χ0v) is 12.5. The van der Waals surface area contributed by atoms with Crippen molar-refractivity contribution in [1.82, 2.24) is 0 Å². The van der Waals surface area contributed by atoms with Gasteiger partial charge in [-0.2, -0.15) is 11.8 Å². The highest BCUT2D eigenvalue weighted by Crippen LogP contribution is 2.33. The predicted molar refractivity (Wildman–Crippen MR) is 82.7 cm³/mol. The molecule has 1 aromatic carbocycles. The summed E-state index contributed by atoms with van der Waals surface area (Å²) >= 11 is 1.99. The van der Waals surface area contributed by atoms with Gasteiger partial charge in [0.15, 0.2) is 0 Å². The minimum atomic E-state index is 0.107. The van der Waals surface area contributed by atoms with E-state index in [0.29, 0.717) is 11.3 Å². The van der Waals surface area contributed by atoms with Crippen LogP contribution in [0.1, 0.15) is 19.4 Å². The third kappa shape index (κ3) is 2.81. The van der Waals surface area contributed by atoms with E-state index >= 15 is 0 Å². The lowest BCUT2D eigenvalue weighted by Gasteiger charge is -2.40. The fourth-order valence-electron chi connectivity index (χ4n) is 2.38. The Morgan fingerprint density at radius 3 is 2.84 bits per heavy atom. The van der Waals surface area contributed by atoms with Gasteiger partial charge in [-0.15, -0.1) is 0 Å². The van der Waals surface area contributed by atoms with E-state index in [1.165, 1.54) is 0 Å². The number of benzene rings is 1. The van der Waals surface area contributed by atoms with Crippen LogP contribution in [0.4, 0.5) is 5.69 Å². The molecule has 0 bridgehead atoms. The third-order valence-electron chi connectivity index (χ3n) is 3.69. The van der Waals surface area contributed by atoms with Crippen LogP contribution in [0, 0.1) is 5.41 Å². The van der Waals surface area contributed by atoms with Crippen LogP contribution in [-0.4, -0.2) is 36.5 Å². The van der Waals surface area contributed by atoms with Gasteiger partial charge in [0.25, 0.3) is 0 Å². The maximum Gasteiger partial charge on any atom is 0.124 e. The van der Waals surface area contributed by atoms with E-state index in [0.717, 1.165) is 29.3 Å². The average Bonchev–Trinajstić information content (AvgIpc) is 2.41. The Morgan fingerprint density at radius 2 is 2.21 bits per heavy atom. The van der Waals surface area contributed by atoms with Crippen LogP contribution in [0.25, 0.3) is 0 Å². The Kier molecular flexibility index (Phi) is 4.24. The standard InChI is InChI=1S/C14H21N3OS/c1-9-10(2)19-7-6-17(9)13-8-11(18-3)4-5-12(13)14(15)16/h4-5,8-10H,6-7H2,1-3H3,(H3,15,16). The summed E-state index contributed by atoms with van der Waals surface area (Å²) in [4.78, 5) is 2.33. The Hall–Kier alpha value is -1.36. The first-order valence-corrected chi connectivity index (χ1v) is 7.50. The van der Waals surface area contributed by atoms with Gasteiger partial charge in [-0.3, -0.25) is 5.41 Å². The summed E-state index contributed by atoms with van der Waals surface area (Å²) in [6, 6.07) is 6.13. The first-order chi connectivity index (χ1) is 9.04. The number of rotatable bonds is 3. The maximum absolute atomic E-state index is 7.74. The van der Waals surface area contributed by atoms with E-state index in [9.17, 15) is 0 Å². The Balaban J connectivity index is 2.43. The molecule has 19 heavy (non-hydrogen) atoms. The maximum atomic E-state index is 7.74. The Morgan fingerprint density at radius 1 is 1.47 bits per heavy atom. The fraction of sp³-hybridized carbons (Fsp3) is 0.500. The number of hydrogen-bond acceptors (Lipinski definition) is 4. The number of nitrogen functional groups attached to an aromatic ring is 1. The van der Waals surface area contributed by atoms with Gasteiger partial charge in [0.05, 0.1) is 12.8 Å². The first kappa shape index (κ1) is 14.1. The molecule has 0 aromatic heterocycles. The summed E-state index contributed by atoms with van der Waals surface area (Å²) < 4.78 is 5.30. The molecule has 0 spiro atoms. The number of amidine groups is 1. The van der Waals surface area contributed by atoms with Gasteiger partial charge in [-0.1, -0.05) is 6.92 Å². The number of hydrogen-bond donors (Lipinski definition) is 2. The molecule has 0 radical (unpaired) electrons. The lowest BCUT2D eigenvalue weighted by Crippen LogP contribution is -2.45.